The fourth-order valence-electron chi connectivity index (χ4n) is 1.64. The molecule has 0 saturated heterocycles. The standard InChI is InChI=1S/C12H15F2NO3/c1-4-18-10(16)6-8-5-9(12(13)14)15-7(2)11(8)17-3/h5,12H,4,6H2,1-3H3. The van der Waals surface area contributed by atoms with Crippen LogP contribution in [0.4, 0.5) is 8.78 Å². The van der Waals surface area contributed by atoms with Crippen molar-refractivity contribution in [1.82, 2.24) is 4.98 Å². The summed E-state index contributed by atoms with van der Waals surface area (Å²) in [7, 11) is 1.40. The number of nitrogens with zero attached hydrogens (tertiary/aromatic N) is 1. The second kappa shape index (κ2) is 6.28. The van der Waals surface area contributed by atoms with Gasteiger partial charge in [0.25, 0.3) is 6.43 Å². The minimum atomic E-state index is -2.68. The summed E-state index contributed by atoms with van der Waals surface area (Å²) in [5.74, 6) is -0.144. The lowest BCUT2D eigenvalue weighted by atomic mass is 10.1. The van der Waals surface area contributed by atoms with E-state index in [1.807, 2.05) is 0 Å². The summed E-state index contributed by atoms with van der Waals surface area (Å²) < 4.78 is 35.1. The van der Waals surface area contributed by atoms with Crippen molar-refractivity contribution in [3.63, 3.8) is 0 Å². The molecule has 1 aromatic rings. The highest BCUT2D eigenvalue weighted by Gasteiger charge is 2.18. The van der Waals surface area contributed by atoms with Crippen molar-refractivity contribution in [2.75, 3.05) is 13.7 Å². The van der Waals surface area contributed by atoms with E-state index in [0.717, 1.165) is 0 Å². The first-order valence-corrected chi connectivity index (χ1v) is 5.47. The van der Waals surface area contributed by atoms with Crippen molar-refractivity contribution in [1.29, 1.82) is 0 Å². The van der Waals surface area contributed by atoms with Crippen molar-refractivity contribution in [2.45, 2.75) is 26.7 Å². The molecule has 0 spiro atoms. The average molecular weight is 259 g/mol. The number of methoxy groups -OCH3 is 1. The Bertz CT molecular complexity index is 436. The van der Waals surface area contributed by atoms with E-state index in [2.05, 4.69) is 4.98 Å². The van der Waals surface area contributed by atoms with Gasteiger partial charge in [-0.3, -0.25) is 4.79 Å². The van der Waals surface area contributed by atoms with Gasteiger partial charge in [-0.1, -0.05) is 0 Å². The number of aryl methyl sites for hydroxylation is 1. The Morgan fingerprint density at radius 3 is 2.67 bits per heavy atom. The molecule has 100 valence electrons. The third kappa shape index (κ3) is 3.38. The van der Waals surface area contributed by atoms with Gasteiger partial charge in [-0.05, 0) is 19.9 Å². The smallest absolute Gasteiger partial charge is 0.310 e. The zero-order valence-electron chi connectivity index (χ0n) is 10.5. The Kier molecular flexibility index (Phi) is 5.00. The molecule has 0 aliphatic heterocycles. The molecule has 0 saturated carbocycles. The summed E-state index contributed by atoms with van der Waals surface area (Å²) in [5, 5.41) is 0. The summed E-state index contributed by atoms with van der Waals surface area (Å²) in [6, 6.07) is 1.17. The summed E-state index contributed by atoms with van der Waals surface area (Å²) in [6.07, 6.45) is -2.80. The molecule has 0 N–H and O–H groups in total. The molecule has 0 bridgehead atoms. The van der Waals surface area contributed by atoms with Crippen LogP contribution >= 0.6 is 0 Å². The van der Waals surface area contributed by atoms with Crippen LogP contribution in [0.3, 0.4) is 0 Å². The Morgan fingerprint density at radius 2 is 2.17 bits per heavy atom. The Balaban J connectivity index is 3.10. The number of esters is 1. The highest BCUT2D eigenvalue weighted by Crippen LogP contribution is 2.27. The van der Waals surface area contributed by atoms with E-state index in [-0.39, 0.29) is 18.7 Å². The third-order valence-electron chi connectivity index (χ3n) is 2.31. The lowest BCUT2D eigenvalue weighted by Gasteiger charge is -2.12. The number of alkyl halides is 2. The quantitative estimate of drug-likeness (QED) is 0.762. The number of rotatable bonds is 5. The van der Waals surface area contributed by atoms with E-state index in [9.17, 15) is 13.6 Å². The number of carbonyl (C=O) groups is 1. The summed E-state index contributed by atoms with van der Waals surface area (Å²) in [4.78, 5) is 15.1. The van der Waals surface area contributed by atoms with E-state index < -0.39 is 12.4 Å². The van der Waals surface area contributed by atoms with Crippen LogP contribution in [0, 0.1) is 6.92 Å². The molecule has 0 amide bonds. The van der Waals surface area contributed by atoms with Crippen molar-refractivity contribution in [3.8, 4) is 5.75 Å². The summed E-state index contributed by atoms with van der Waals surface area (Å²) in [5.41, 5.74) is 0.320. The average Bonchev–Trinajstić information content (AvgIpc) is 2.28. The van der Waals surface area contributed by atoms with Crippen LogP contribution in [0.25, 0.3) is 0 Å². The van der Waals surface area contributed by atoms with Crippen molar-refractivity contribution in [3.05, 3.63) is 23.0 Å². The maximum absolute atomic E-state index is 12.6. The second-order valence-corrected chi connectivity index (χ2v) is 3.61. The van der Waals surface area contributed by atoms with Crippen LogP contribution in [0.15, 0.2) is 6.07 Å². The highest BCUT2D eigenvalue weighted by molar-refractivity contribution is 5.73. The molecule has 18 heavy (non-hydrogen) atoms. The van der Waals surface area contributed by atoms with Crippen molar-refractivity contribution in [2.24, 2.45) is 0 Å². The van der Waals surface area contributed by atoms with Gasteiger partial charge < -0.3 is 9.47 Å². The number of ether oxygens (including phenoxy) is 2. The van der Waals surface area contributed by atoms with E-state index >= 15 is 0 Å². The van der Waals surface area contributed by atoms with Gasteiger partial charge in [0.05, 0.1) is 25.8 Å². The lowest BCUT2D eigenvalue weighted by molar-refractivity contribution is -0.142. The first-order chi connectivity index (χ1) is 8.49. The van der Waals surface area contributed by atoms with Crippen LogP contribution in [0.2, 0.25) is 0 Å². The Hall–Kier alpha value is -1.72. The Morgan fingerprint density at radius 1 is 1.50 bits per heavy atom. The largest absolute Gasteiger partial charge is 0.495 e. The van der Waals surface area contributed by atoms with E-state index in [4.69, 9.17) is 9.47 Å². The minimum absolute atomic E-state index is 0.111. The topological polar surface area (TPSA) is 48.4 Å². The fraction of sp³-hybridized carbons (Fsp3) is 0.500. The van der Waals surface area contributed by atoms with Gasteiger partial charge in [0.15, 0.2) is 0 Å². The highest BCUT2D eigenvalue weighted by atomic mass is 19.3. The third-order valence-corrected chi connectivity index (χ3v) is 2.31. The molecule has 1 aromatic heterocycles. The Labute approximate surface area is 104 Å². The predicted molar refractivity (Wildman–Crippen MR) is 60.8 cm³/mol. The molecule has 6 heteroatoms. The SMILES string of the molecule is CCOC(=O)Cc1cc(C(F)F)nc(C)c1OC. The number of aromatic nitrogens is 1. The predicted octanol–water partition coefficient (Wildman–Crippen LogP) is 2.44. The van der Waals surface area contributed by atoms with Gasteiger partial charge in [0.1, 0.15) is 11.4 Å². The molecule has 0 aliphatic carbocycles. The normalized spacial score (nSPS) is 10.6. The summed E-state index contributed by atoms with van der Waals surface area (Å²) in [6.45, 7) is 3.48. The number of hydrogen-bond acceptors (Lipinski definition) is 4. The first-order valence-electron chi connectivity index (χ1n) is 5.47. The molecular weight excluding hydrogens is 244 g/mol. The lowest BCUT2D eigenvalue weighted by Crippen LogP contribution is -2.10. The van der Waals surface area contributed by atoms with Crippen LogP contribution in [-0.4, -0.2) is 24.7 Å². The van der Waals surface area contributed by atoms with Gasteiger partial charge in [-0.25, -0.2) is 13.8 Å². The molecule has 0 aliphatic rings. The minimum Gasteiger partial charge on any atom is -0.495 e. The molecule has 1 rings (SSSR count). The van der Waals surface area contributed by atoms with Crippen LogP contribution in [-0.2, 0) is 16.0 Å². The van der Waals surface area contributed by atoms with E-state index in [1.54, 1.807) is 13.8 Å². The van der Waals surface area contributed by atoms with Crippen LogP contribution < -0.4 is 4.74 Å². The van der Waals surface area contributed by atoms with E-state index in [1.165, 1.54) is 13.2 Å². The van der Waals surface area contributed by atoms with Crippen LogP contribution in [0.1, 0.15) is 30.3 Å². The number of pyridine rings is 1. The molecule has 0 fully saturated rings. The molecular formula is C12H15F2NO3. The van der Waals surface area contributed by atoms with Crippen LogP contribution in [0.5, 0.6) is 5.75 Å². The molecule has 4 nitrogen and oxygen atoms in total. The molecule has 0 atom stereocenters. The van der Waals surface area contributed by atoms with Crippen molar-refractivity contribution >= 4 is 5.97 Å². The molecule has 0 radical (unpaired) electrons. The summed E-state index contributed by atoms with van der Waals surface area (Å²) >= 11 is 0. The van der Waals surface area contributed by atoms with Gasteiger partial charge in [-0.15, -0.1) is 0 Å². The van der Waals surface area contributed by atoms with Gasteiger partial charge in [0, 0.05) is 5.56 Å². The monoisotopic (exact) mass is 259 g/mol. The molecule has 1 heterocycles. The molecule has 0 unspecified atom stereocenters. The number of carbonyl (C=O) groups excluding carboxylic acids is 1. The maximum Gasteiger partial charge on any atom is 0.310 e. The number of hydrogen-bond donors (Lipinski definition) is 0. The zero-order valence-corrected chi connectivity index (χ0v) is 10.5. The van der Waals surface area contributed by atoms with Gasteiger partial charge in [0.2, 0.25) is 0 Å². The zero-order chi connectivity index (χ0) is 13.7. The van der Waals surface area contributed by atoms with Gasteiger partial charge in [-0.2, -0.15) is 0 Å². The molecule has 0 aromatic carbocycles. The van der Waals surface area contributed by atoms with E-state index in [0.29, 0.717) is 17.0 Å². The maximum atomic E-state index is 12.6. The number of halogens is 2. The fourth-order valence-corrected chi connectivity index (χ4v) is 1.64. The van der Waals surface area contributed by atoms with Gasteiger partial charge >= 0.3 is 5.97 Å². The van der Waals surface area contributed by atoms with Crippen molar-refractivity contribution < 1.29 is 23.0 Å². The second-order valence-electron chi connectivity index (χ2n) is 3.61. The first kappa shape index (κ1) is 14.3.